The van der Waals surface area contributed by atoms with E-state index < -0.39 is 0 Å². The van der Waals surface area contributed by atoms with Crippen LogP contribution in [0.5, 0.6) is 0 Å². The lowest BCUT2D eigenvalue weighted by atomic mass is 10.0. The first-order valence-corrected chi connectivity index (χ1v) is 11.5. The van der Waals surface area contributed by atoms with Crippen molar-refractivity contribution in [1.29, 1.82) is 0 Å². The number of benzene rings is 6. The van der Waals surface area contributed by atoms with Crippen molar-refractivity contribution in [1.82, 2.24) is 0 Å². The van der Waals surface area contributed by atoms with Gasteiger partial charge >= 0.3 is 0 Å². The molecular weight excluding hydrogens is 414 g/mol. The predicted octanol–water partition coefficient (Wildman–Crippen LogP) is 9.30. The molecule has 0 atom stereocenters. The van der Waals surface area contributed by atoms with Crippen molar-refractivity contribution in [2.45, 2.75) is 0 Å². The van der Waals surface area contributed by atoms with Gasteiger partial charge in [0.25, 0.3) is 0 Å². The molecule has 0 unspecified atom stereocenters. The minimum absolute atomic E-state index is 0.908. The van der Waals surface area contributed by atoms with E-state index in [0.29, 0.717) is 0 Å². The molecule has 0 saturated heterocycles. The van der Waals surface area contributed by atoms with Crippen LogP contribution >= 0.6 is 0 Å². The number of furan rings is 1. The molecule has 1 heterocycles. The molecule has 0 spiro atoms. The Morgan fingerprint density at radius 2 is 1.18 bits per heavy atom. The van der Waals surface area contributed by atoms with E-state index in [9.17, 15) is 0 Å². The van der Waals surface area contributed by atoms with Crippen LogP contribution in [0.25, 0.3) is 54.6 Å². The van der Waals surface area contributed by atoms with Gasteiger partial charge in [0.15, 0.2) is 0 Å². The summed E-state index contributed by atoms with van der Waals surface area (Å²) in [4.78, 5) is 0. The third-order valence-corrected chi connectivity index (χ3v) is 6.64. The number of nitrogens with one attached hydrogen (secondary N) is 1. The van der Waals surface area contributed by atoms with E-state index in [2.05, 4.69) is 115 Å². The lowest BCUT2D eigenvalue weighted by Gasteiger charge is -2.13. The molecule has 0 fully saturated rings. The second kappa shape index (κ2) is 7.50. The number of rotatable bonds is 3. The van der Waals surface area contributed by atoms with E-state index >= 15 is 0 Å². The van der Waals surface area contributed by atoms with E-state index in [1.807, 2.05) is 12.1 Å². The second-order valence-electron chi connectivity index (χ2n) is 8.70. The molecule has 0 aliphatic rings. The van der Waals surface area contributed by atoms with Crippen LogP contribution in [-0.4, -0.2) is 0 Å². The summed E-state index contributed by atoms with van der Waals surface area (Å²) in [5, 5.41) is 11.0. The molecule has 160 valence electrons. The standard InChI is InChI=1S/C32H21NO/c1-2-8-25-21(7-1)13-14-22-19-24(16-18-26(22)25)33-30-11-5-3-9-27(30)23-15-17-29-28-10-4-6-12-31(28)34-32(29)20-23/h1-20,33H. The van der Waals surface area contributed by atoms with Gasteiger partial charge in [-0.3, -0.25) is 0 Å². The highest BCUT2D eigenvalue weighted by Gasteiger charge is 2.11. The van der Waals surface area contributed by atoms with Gasteiger partial charge in [-0.15, -0.1) is 0 Å². The third-order valence-electron chi connectivity index (χ3n) is 6.64. The number of hydrogen-bond donors (Lipinski definition) is 1. The Morgan fingerprint density at radius 1 is 0.471 bits per heavy atom. The van der Waals surface area contributed by atoms with E-state index in [-0.39, 0.29) is 0 Å². The summed E-state index contributed by atoms with van der Waals surface area (Å²) in [7, 11) is 0. The van der Waals surface area contributed by atoms with Crippen molar-refractivity contribution in [2.24, 2.45) is 0 Å². The fourth-order valence-corrected chi connectivity index (χ4v) is 4.98. The summed E-state index contributed by atoms with van der Waals surface area (Å²) in [6.07, 6.45) is 0. The van der Waals surface area contributed by atoms with Crippen LogP contribution < -0.4 is 5.32 Å². The number of anilines is 2. The first-order chi connectivity index (χ1) is 16.8. The average Bonchev–Trinajstić information content (AvgIpc) is 3.27. The molecule has 2 heteroatoms. The SMILES string of the molecule is c1ccc(-c2ccc3c(c2)oc2ccccc23)c(Nc2ccc3c(ccc4ccccc43)c2)c1. The molecule has 0 saturated carbocycles. The summed E-state index contributed by atoms with van der Waals surface area (Å²) in [5.74, 6) is 0. The first kappa shape index (κ1) is 19.0. The molecule has 7 aromatic rings. The minimum Gasteiger partial charge on any atom is -0.456 e. The molecule has 34 heavy (non-hydrogen) atoms. The Kier molecular flexibility index (Phi) is 4.18. The molecule has 6 aromatic carbocycles. The summed E-state index contributed by atoms with van der Waals surface area (Å²) in [6, 6.07) is 42.6. The Hall–Kier alpha value is -4.56. The van der Waals surface area contributed by atoms with Crippen LogP contribution in [0, 0.1) is 0 Å². The zero-order valence-electron chi connectivity index (χ0n) is 18.5. The Balaban J connectivity index is 1.30. The van der Waals surface area contributed by atoms with Crippen LogP contribution in [0.1, 0.15) is 0 Å². The smallest absolute Gasteiger partial charge is 0.136 e. The van der Waals surface area contributed by atoms with Crippen molar-refractivity contribution in [2.75, 3.05) is 5.32 Å². The average molecular weight is 436 g/mol. The van der Waals surface area contributed by atoms with Gasteiger partial charge in [-0.1, -0.05) is 84.9 Å². The van der Waals surface area contributed by atoms with Crippen molar-refractivity contribution in [3.8, 4) is 11.1 Å². The highest BCUT2D eigenvalue weighted by atomic mass is 16.3. The summed E-state index contributed by atoms with van der Waals surface area (Å²) in [5.41, 5.74) is 6.24. The fourth-order valence-electron chi connectivity index (χ4n) is 4.98. The third kappa shape index (κ3) is 3.04. The van der Waals surface area contributed by atoms with E-state index in [4.69, 9.17) is 4.42 Å². The van der Waals surface area contributed by atoms with Gasteiger partial charge in [0, 0.05) is 27.7 Å². The molecule has 7 rings (SSSR count). The van der Waals surface area contributed by atoms with Gasteiger partial charge < -0.3 is 9.73 Å². The summed E-state index contributed by atoms with van der Waals surface area (Å²) < 4.78 is 6.14. The zero-order valence-corrected chi connectivity index (χ0v) is 18.5. The van der Waals surface area contributed by atoms with Crippen molar-refractivity contribution < 1.29 is 4.42 Å². The lowest BCUT2D eigenvalue weighted by molar-refractivity contribution is 0.669. The second-order valence-corrected chi connectivity index (χ2v) is 8.70. The number of para-hydroxylation sites is 2. The van der Waals surface area contributed by atoms with Gasteiger partial charge in [0.2, 0.25) is 0 Å². The molecule has 1 N–H and O–H groups in total. The van der Waals surface area contributed by atoms with Crippen molar-refractivity contribution in [3.05, 3.63) is 121 Å². The van der Waals surface area contributed by atoms with Gasteiger partial charge in [0.1, 0.15) is 11.2 Å². The Bertz CT molecular complexity index is 1840. The molecule has 0 radical (unpaired) electrons. The molecule has 0 aliphatic carbocycles. The lowest BCUT2D eigenvalue weighted by Crippen LogP contribution is -1.93. The minimum atomic E-state index is 0.908. The van der Waals surface area contributed by atoms with E-state index in [0.717, 1.165) is 44.4 Å². The Morgan fingerprint density at radius 3 is 2.15 bits per heavy atom. The fraction of sp³-hybridized carbons (Fsp3) is 0. The van der Waals surface area contributed by atoms with E-state index in [1.165, 1.54) is 21.5 Å². The number of hydrogen-bond acceptors (Lipinski definition) is 2. The van der Waals surface area contributed by atoms with E-state index in [1.54, 1.807) is 0 Å². The quantitative estimate of drug-likeness (QED) is 0.280. The van der Waals surface area contributed by atoms with Gasteiger partial charge in [0.05, 0.1) is 0 Å². The van der Waals surface area contributed by atoms with Crippen LogP contribution in [0.2, 0.25) is 0 Å². The van der Waals surface area contributed by atoms with Gasteiger partial charge in [-0.2, -0.15) is 0 Å². The topological polar surface area (TPSA) is 25.2 Å². The highest BCUT2D eigenvalue weighted by Crippen LogP contribution is 2.36. The summed E-state index contributed by atoms with van der Waals surface area (Å²) >= 11 is 0. The predicted molar refractivity (Wildman–Crippen MR) is 144 cm³/mol. The van der Waals surface area contributed by atoms with Crippen LogP contribution in [0.3, 0.4) is 0 Å². The van der Waals surface area contributed by atoms with Gasteiger partial charge in [-0.25, -0.2) is 0 Å². The van der Waals surface area contributed by atoms with Crippen LogP contribution in [-0.2, 0) is 0 Å². The maximum Gasteiger partial charge on any atom is 0.136 e. The molecule has 1 aromatic heterocycles. The zero-order chi connectivity index (χ0) is 22.5. The summed E-state index contributed by atoms with van der Waals surface area (Å²) in [6.45, 7) is 0. The largest absolute Gasteiger partial charge is 0.456 e. The molecule has 0 amide bonds. The molecule has 0 aliphatic heterocycles. The molecule has 2 nitrogen and oxygen atoms in total. The van der Waals surface area contributed by atoms with Gasteiger partial charge in [-0.05, 0) is 63.5 Å². The molecular formula is C32H21NO. The maximum atomic E-state index is 6.14. The van der Waals surface area contributed by atoms with Crippen molar-refractivity contribution in [3.63, 3.8) is 0 Å². The molecule has 0 bridgehead atoms. The monoisotopic (exact) mass is 435 g/mol. The first-order valence-electron chi connectivity index (χ1n) is 11.5. The van der Waals surface area contributed by atoms with Crippen LogP contribution in [0.4, 0.5) is 11.4 Å². The Labute approximate surface area is 197 Å². The maximum absolute atomic E-state index is 6.14. The van der Waals surface area contributed by atoms with Crippen molar-refractivity contribution >= 4 is 54.9 Å². The normalized spacial score (nSPS) is 11.5. The van der Waals surface area contributed by atoms with Crippen LogP contribution in [0.15, 0.2) is 126 Å². The number of fused-ring (bicyclic) bond motifs is 6. The highest BCUT2D eigenvalue weighted by molar-refractivity contribution is 6.09.